The van der Waals surface area contributed by atoms with Crippen molar-refractivity contribution < 1.29 is 4.39 Å². The fraction of sp³-hybridized carbons (Fsp3) is 0.571. The Hall–Kier alpha value is -1.09. The smallest absolute Gasteiger partial charge is 0.125 e. The van der Waals surface area contributed by atoms with Gasteiger partial charge in [-0.3, -0.25) is 0 Å². The van der Waals surface area contributed by atoms with E-state index in [0.29, 0.717) is 6.04 Å². The molecule has 3 heteroatoms. The Balaban J connectivity index is 2.43. The van der Waals surface area contributed by atoms with Gasteiger partial charge in [-0.1, -0.05) is 19.9 Å². The molecule has 0 saturated carbocycles. The summed E-state index contributed by atoms with van der Waals surface area (Å²) in [7, 11) is 0. The molecule has 0 aromatic heterocycles. The van der Waals surface area contributed by atoms with E-state index < -0.39 is 0 Å². The van der Waals surface area contributed by atoms with Crippen molar-refractivity contribution in [3.63, 3.8) is 0 Å². The Morgan fingerprint density at radius 1 is 1.35 bits per heavy atom. The second kappa shape index (κ2) is 7.28. The highest BCUT2D eigenvalue weighted by molar-refractivity contribution is 5.46. The normalized spacial score (nSPS) is 10.9. The molecule has 0 bridgehead atoms. The Labute approximate surface area is 104 Å². The average molecular weight is 238 g/mol. The molecule has 1 aromatic carbocycles. The molecular formula is C14H23FN2. The Kier molecular flexibility index (Phi) is 5.98. The van der Waals surface area contributed by atoms with Gasteiger partial charge in [0.05, 0.1) is 0 Å². The minimum absolute atomic E-state index is 0.166. The topological polar surface area (TPSA) is 15.3 Å². The third-order valence-electron chi connectivity index (χ3n) is 2.71. The minimum Gasteiger partial charge on any atom is -0.372 e. The number of hydrogen-bond acceptors (Lipinski definition) is 2. The van der Waals surface area contributed by atoms with Crippen LogP contribution in [-0.2, 0) is 0 Å². The molecular weight excluding hydrogens is 215 g/mol. The van der Waals surface area contributed by atoms with Gasteiger partial charge in [0.1, 0.15) is 5.82 Å². The largest absolute Gasteiger partial charge is 0.372 e. The average Bonchev–Trinajstić information content (AvgIpc) is 2.29. The molecule has 1 N–H and O–H groups in total. The standard InChI is InChI=1S/C14H23FN2/c1-4-17(10-6-9-16-12(2)3)14-8-5-7-13(15)11-14/h5,7-8,11-12,16H,4,6,9-10H2,1-3H3. The van der Waals surface area contributed by atoms with Crippen molar-refractivity contribution in [2.45, 2.75) is 33.2 Å². The van der Waals surface area contributed by atoms with E-state index >= 15 is 0 Å². The lowest BCUT2D eigenvalue weighted by atomic mass is 10.2. The highest BCUT2D eigenvalue weighted by Crippen LogP contribution is 2.15. The van der Waals surface area contributed by atoms with Crippen molar-refractivity contribution in [2.75, 3.05) is 24.5 Å². The van der Waals surface area contributed by atoms with Gasteiger partial charge in [-0.05, 0) is 38.1 Å². The molecule has 0 aliphatic rings. The zero-order valence-electron chi connectivity index (χ0n) is 11.0. The molecule has 96 valence electrons. The quantitative estimate of drug-likeness (QED) is 0.734. The Bertz CT molecular complexity index is 326. The van der Waals surface area contributed by atoms with E-state index in [-0.39, 0.29) is 5.82 Å². The molecule has 2 nitrogen and oxygen atoms in total. The van der Waals surface area contributed by atoms with Crippen LogP contribution in [0.15, 0.2) is 24.3 Å². The lowest BCUT2D eigenvalue weighted by molar-refractivity contribution is 0.566. The van der Waals surface area contributed by atoms with Crippen LogP contribution >= 0.6 is 0 Å². The summed E-state index contributed by atoms with van der Waals surface area (Å²) in [4.78, 5) is 2.20. The fourth-order valence-corrected chi connectivity index (χ4v) is 1.80. The van der Waals surface area contributed by atoms with E-state index in [2.05, 4.69) is 31.0 Å². The number of nitrogens with zero attached hydrogens (tertiary/aromatic N) is 1. The number of benzene rings is 1. The van der Waals surface area contributed by atoms with Crippen molar-refractivity contribution in [1.29, 1.82) is 0 Å². The van der Waals surface area contributed by atoms with Crippen molar-refractivity contribution in [3.8, 4) is 0 Å². The van der Waals surface area contributed by atoms with Gasteiger partial charge in [-0.2, -0.15) is 0 Å². The first-order valence-corrected chi connectivity index (χ1v) is 6.37. The molecule has 1 rings (SSSR count). The van der Waals surface area contributed by atoms with Crippen LogP contribution in [0.5, 0.6) is 0 Å². The van der Waals surface area contributed by atoms with Gasteiger partial charge in [0.2, 0.25) is 0 Å². The molecule has 0 radical (unpaired) electrons. The molecule has 0 spiro atoms. The second-order valence-corrected chi connectivity index (χ2v) is 4.52. The summed E-state index contributed by atoms with van der Waals surface area (Å²) in [6, 6.07) is 7.33. The third-order valence-corrected chi connectivity index (χ3v) is 2.71. The monoisotopic (exact) mass is 238 g/mol. The first-order valence-electron chi connectivity index (χ1n) is 6.37. The lowest BCUT2D eigenvalue weighted by Gasteiger charge is -2.23. The van der Waals surface area contributed by atoms with Crippen LogP contribution in [0.4, 0.5) is 10.1 Å². The van der Waals surface area contributed by atoms with Gasteiger partial charge in [-0.15, -0.1) is 0 Å². The number of rotatable bonds is 7. The molecule has 1 aromatic rings. The Morgan fingerprint density at radius 3 is 2.71 bits per heavy atom. The van der Waals surface area contributed by atoms with Crippen molar-refractivity contribution >= 4 is 5.69 Å². The maximum Gasteiger partial charge on any atom is 0.125 e. The van der Waals surface area contributed by atoms with Crippen LogP contribution in [0.25, 0.3) is 0 Å². The first-order chi connectivity index (χ1) is 8.13. The van der Waals surface area contributed by atoms with E-state index in [1.165, 1.54) is 6.07 Å². The number of nitrogens with one attached hydrogen (secondary N) is 1. The van der Waals surface area contributed by atoms with E-state index in [4.69, 9.17) is 0 Å². The molecule has 0 aliphatic heterocycles. The van der Waals surface area contributed by atoms with Crippen LogP contribution in [0.2, 0.25) is 0 Å². The van der Waals surface area contributed by atoms with E-state index in [1.807, 2.05) is 6.07 Å². The van der Waals surface area contributed by atoms with Crippen molar-refractivity contribution in [2.24, 2.45) is 0 Å². The highest BCUT2D eigenvalue weighted by atomic mass is 19.1. The fourth-order valence-electron chi connectivity index (χ4n) is 1.80. The summed E-state index contributed by atoms with van der Waals surface area (Å²) in [5, 5.41) is 3.39. The van der Waals surface area contributed by atoms with Gasteiger partial charge in [0.25, 0.3) is 0 Å². The van der Waals surface area contributed by atoms with Gasteiger partial charge in [-0.25, -0.2) is 4.39 Å². The van der Waals surface area contributed by atoms with Crippen molar-refractivity contribution in [3.05, 3.63) is 30.1 Å². The number of halogens is 1. The van der Waals surface area contributed by atoms with Gasteiger partial charge in [0, 0.05) is 24.8 Å². The predicted molar refractivity (Wildman–Crippen MR) is 72.0 cm³/mol. The molecule has 17 heavy (non-hydrogen) atoms. The third kappa shape index (κ3) is 5.18. The van der Waals surface area contributed by atoms with Crippen LogP contribution in [0, 0.1) is 5.82 Å². The van der Waals surface area contributed by atoms with Crippen molar-refractivity contribution in [1.82, 2.24) is 5.32 Å². The second-order valence-electron chi connectivity index (χ2n) is 4.52. The summed E-state index contributed by atoms with van der Waals surface area (Å²) in [6.07, 6.45) is 1.07. The van der Waals surface area contributed by atoms with Gasteiger partial charge >= 0.3 is 0 Å². The molecule has 0 fully saturated rings. The zero-order chi connectivity index (χ0) is 12.7. The van der Waals surface area contributed by atoms with E-state index in [9.17, 15) is 4.39 Å². The molecule has 0 aliphatic carbocycles. The summed E-state index contributed by atoms with van der Waals surface area (Å²) in [5.74, 6) is -0.166. The van der Waals surface area contributed by atoms with Gasteiger partial charge in [0.15, 0.2) is 0 Å². The zero-order valence-corrected chi connectivity index (χ0v) is 11.0. The van der Waals surface area contributed by atoms with Crippen LogP contribution in [-0.4, -0.2) is 25.7 Å². The summed E-state index contributed by atoms with van der Waals surface area (Å²) in [6.45, 7) is 9.25. The highest BCUT2D eigenvalue weighted by Gasteiger charge is 2.04. The number of hydrogen-bond donors (Lipinski definition) is 1. The first kappa shape index (κ1) is 14.0. The van der Waals surface area contributed by atoms with Crippen LogP contribution in [0.3, 0.4) is 0 Å². The number of anilines is 1. The maximum atomic E-state index is 13.1. The van der Waals surface area contributed by atoms with Crippen LogP contribution < -0.4 is 10.2 Å². The lowest BCUT2D eigenvalue weighted by Crippen LogP contribution is -2.29. The predicted octanol–water partition coefficient (Wildman–Crippen LogP) is 3.04. The SMILES string of the molecule is CCN(CCCNC(C)C)c1cccc(F)c1. The molecule has 0 saturated heterocycles. The molecule has 0 amide bonds. The molecule has 0 heterocycles. The maximum absolute atomic E-state index is 13.1. The summed E-state index contributed by atoms with van der Waals surface area (Å²) in [5.41, 5.74) is 0.969. The summed E-state index contributed by atoms with van der Waals surface area (Å²) < 4.78 is 13.1. The molecule has 0 atom stereocenters. The van der Waals surface area contributed by atoms with Gasteiger partial charge < -0.3 is 10.2 Å². The molecule has 0 unspecified atom stereocenters. The van der Waals surface area contributed by atoms with E-state index in [0.717, 1.165) is 31.7 Å². The Morgan fingerprint density at radius 2 is 2.12 bits per heavy atom. The summed E-state index contributed by atoms with van der Waals surface area (Å²) >= 11 is 0. The van der Waals surface area contributed by atoms with E-state index in [1.54, 1.807) is 12.1 Å². The minimum atomic E-state index is -0.166. The van der Waals surface area contributed by atoms with Crippen LogP contribution in [0.1, 0.15) is 27.2 Å².